The predicted octanol–water partition coefficient (Wildman–Crippen LogP) is 0.895. The third kappa shape index (κ3) is 3.45. The average molecular weight is 356 g/mol. The number of sulfonamides is 1. The third-order valence-electron chi connectivity index (χ3n) is 4.52. The molecule has 6 nitrogen and oxygen atoms in total. The Hall–Kier alpha value is -1.51. The number of halogens is 1. The zero-order valence-electron chi connectivity index (χ0n) is 13.7. The van der Waals surface area contributed by atoms with Gasteiger partial charge in [-0.1, -0.05) is 6.07 Å². The number of likely N-dealkylation sites (tertiary alicyclic amines) is 1. The summed E-state index contributed by atoms with van der Waals surface area (Å²) >= 11 is 0. The Labute approximate surface area is 141 Å². The molecule has 3 rings (SSSR count). The molecule has 24 heavy (non-hydrogen) atoms. The number of carbonyl (C=O) groups is 1. The van der Waals surface area contributed by atoms with Crippen LogP contribution in [0.3, 0.4) is 0 Å². The summed E-state index contributed by atoms with van der Waals surface area (Å²) in [7, 11) is -3.54. The van der Waals surface area contributed by atoms with Crippen LogP contribution in [0.15, 0.2) is 18.2 Å². The van der Waals surface area contributed by atoms with Crippen molar-refractivity contribution in [3.05, 3.63) is 35.1 Å². The van der Waals surface area contributed by atoms with Gasteiger partial charge in [-0.3, -0.25) is 4.79 Å². The molecule has 0 aromatic heterocycles. The van der Waals surface area contributed by atoms with Gasteiger partial charge in [-0.15, -0.1) is 0 Å². The summed E-state index contributed by atoms with van der Waals surface area (Å²) in [6.45, 7) is 4.09. The van der Waals surface area contributed by atoms with Crippen molar-refractivity contribution in [2.45, 2.75) is 32.5 Å². The number of hydrogen-bond donors (Lipinski definition) is 0. The first-order valence-corrected chi connectivity index (χ1v) is 9.50. The van der Waals surface area contributed by atoms with Crippen LogP contribution in [0, 0.1) is 12.7 Å². The second-order valence-corrected chi connectivity index (χ2v) is 8.44. The zero-order chi connectivity index (χ0) is 17.5. The van der Waals surface area contributed by atoms with Crippen LogP contribution in [-0.4, -0.2) is 61.1 Å². The molecular weight excluding hydrogens is 335 g/mol. The van der Waals surface area contributed by atoms with Crippen LogP contribution < -0.4 is 0 Å². The molecule has 0 radical (unpaired) electrons. The highest BCUT2D eigenvalue weighted by Crippen LogP contribution is 2.27. The van der Waals surface area contributed by atoms with Crippen LogP contribution in [0.2, 0.25) is 0 Å². The molecule has 8 heteroatoms. The van der Waals surface area contributed by atoms with Gasteiger partial charge in [0.1, 0.15) is 5.82 Å². The Morgan fingerprint density at radius 3 is 2.75 bits per heavy atom. The van der Waals surface area contributed by atoms with E-state index in [0.29, 0.717) is 18.7 Å². The fourth-order valence-corrected chi connectivity index (χ4v) is 4.88. The lowest BCUT2D eigenvalue weighted by molar-refractivity contribution is -0.128. The molecule has 0 saturated carbocycles. The molecule has 0 bridgehead atoms. The molecule has 1 aromatic carbocycles. The van der Waals surface area contributed by atoms with Crippen molar-refractivity contribution >= 4 is 15.9 Å². The van der Waals surface area contributed by atoms with Gasteiger partial charge in [0.2, 0.25) is 15.9 Å². The monoisotopic (exact) mass is 356 g/mol. The van der Waals surface area contributed by atoms with Crippen LogP contribution in [0.25, 0.3) is 0 Å². The maximum atomic E-state index is 13.6. The number of nitrogens with zero attached hydrogens (tertiary/aromatic N) is 2. The second kappa shape index (κ2) is 6.42. The van der Waals surface area contributed by atoms with E-state index >= 15 is 0 Å². The molecular formula is C16H21FN2O4S. The Bertz CT molecular complexity index is 732. The normalized spacial score (nSPS) is 26.9. The summed E-state index contributed by atoms with van der Waals surface area (Å²) in [5.74, 6) is -0.596. The number of rotatable bonds is 2. The van der Waals surface area contributed by atoms with Gasteiger partial charge in [0.05, 0.1) is 24.5 Å². The average Bonchev–Trinajstić information content (AvgIpc) is 2.83. The van der Waals surface area contributed by atoms with Gasteiger partial charge >= 0.3 is 0 Å². The van der Waals surface area contributed by atoms with E-state index in [1.165, 1.54) is 23.4 Å². The second-order valence-electron chi connectivity index (χ2n) is 6.40. The Morgan fingerprint density at radius 1 is 1.33 bits per heavy atom. The molecule has 2 atom stereocenters. The Balaban J connectivity index is 1.92. The summed E-state index contributed by atoms with van der Waals surface area (Å²) in [6.07, 6.45) is -0.346. The van der Waals surface area contributed by atoms with Crippen molar-refractivity contribution in [3.63, 3.8) is 0 Å². The van der Waals surface area contributed by atoms with Gasteiger partial charge < -0.3 is 9.64 Å². The maximum Gasteiger partial charge on any atom is 0.219 e. The largest absolute Gasteiger partial charge is 0.374 e. The van der Waals surface area contributed by atoms with Gasteiger partial charge in [-0.2, -0.15) is 4.31 Å². The topological polar surface area (TPSA) is 66.9 Å². The molecule has 2 aliphatic heterocycles. The summed E-state index contributed by atoms with van der Waals surface area (Å²) < 4.78 is 46.0. The van der Waals surface area contributed by atoms with Crippen molar-refractivity contribution in [2.24, 2.45) is 0 Å². The quantitative estimate of drug-likeness (QED) is 0.790. The standard InChI is InChI=1S/C16H21FN2O4S/c1-11-5-13(7-14(17)6-11)8-19-15-9-18(12(2)20)10-16(15)23-3-4-24(19,21)22/h5-7,15-16H,3-4,8-10H2,1-2H3/t15-,16+/m1/s1. The van der Waals surface area contributed by atoms with E-state index in [1.807, 2.05) is 0 Å². The number of carbonyl (C=O) groups excluding carboxylic acids is 1. The first-order chi connectivity index (χ1) is 11.3. The lowest BCUT2D eigenvalue weighted by Crippen LogP contribution is -2.45. The first-order valence-electron chi connectivity index (χ1n) is 7.89. The number of benzene rings is 1. The highest BCUT2D eigenvalue weighted by molar-refractivity contribution is 7.89. The van der Waals surface area contributed by atoms with E-state index < -0.39 is 16.1 Å². The maximum absolute atomic E-state index is 13.6. The summed E-state index contributed by atoms with van der Waals surface area (Å²) in [5, 5.41) is 0. The molecule has 0 N–H and O–H groups in total. The van der Waals surface area contributed by atoms with Crippen LogP contribution in [0.4, 0.5) is 4.39 Å². The molecule has 132 valence electrons. The number of fused-ring (bicyclic) bond motifs is 1. The zero-order valence-corrected chi connectivity index (χ0v) is 14.6. The van der Waals surface area contributed by atoms with E-state index in [2.05, 4.69) is 0 Å². The molecule has 0 unspecified atom stereocenters. The predicted molar refractivity (Wildman–Crippen MR) is 86.2 cm³/mol. The lowest BCUT2D eigenvalue weighted by atomic mass is 10.1. The van der Waals surface area contributed by atoms with Gasteiger partial charge in [0.25, 0.3) is 0 Å². The molecule has 2 fully saturated rings. The highest BCUT2D eigenvalue weighted by Gasteiger charge is 2.45. The number of hydrogen-bond acceptors (Lipinski definition) is 4. The van der Waals surface area contributed by atoms with Crippen LogP contribution in [0.1, 0.15) is 18.1 Å². The van der Waals surface area contributed by atoms with Crippen molar-refractivity contribution in [1.29, 1.82) is 0 Å². The molecule has 0 spiro atoms. The molecule has 2 heterocycles. The van der Waals surface area contributed by atoms with E-state index in [9.17, 15) is 17.6 Å². The minimum absolute atomic E-state index is 0.0806. The minimum atomic E-state index is -3.54. The summed E-state index contributed by atoms with van der Waals surface area (Å²) in [4.78, 5) is 13.2. The first kappa shape index (κ1) is 17.3. The lowest BCUT2D eigenvalue weighted by Gasteiger charge is -2.28. The van der Waals surface area contributed by atoms with Gasteiger partial charge in [0, 0.05) is 26.6 Å². The van der Waals surface area contributed by atoms with Crippen molar-refractivity contribution in [2.75, 3.05) is 25.4 Å². The fraction of sp³-hybridized carbons (Fsp3) is 0.562. The third-order valence-corrected chi connectivity index (χ3v) is 6.32. The SMILES string of the molecule is CC(=O)N1C[C@@H]2OCCS(=O)(=O)N(Cc3cc(C)cc(F)c3)[C@@H]2C1. The van der Waals surface area contributed by atoms with Gasteiger partial charge in [-0.25, -0.2) is 12.8 Å². The minimum Gasteiger partial charge on any atom is -0.374 e. The van der Waals surface area contributed by atoms with Crippen LogP contribution in [0.5, 0.6) is 0 Å². The van der Waals surface area contributed by atoms with Crippen molar-refractivity contribution in [3.8, 4) is 0 Å². The number of ether oxygens (including phenoxy) is 1. The Kier molecular flexibility index (Phi) is 4.63. The molecule has 1 amide bonds. The smallest absolute Gasteiger partial charge is 0.219 e. The van der Waals surface area contributed by atoms with Crippen molar-refractivity contribution < 1.29 is 22.3 Å². The van der Waals surface area contributed by atoms with Crippen molar-refractivity contribution in [1.82, 2.24) is 9.21 Å². The van der Waals surface area contributed by atoms with Crippen LogP contribution in [-0.2, 0) is 26.1 Å². The van der Waals surface area contributed by atoms with Gasteiger partial charge in [-0.05, 0) is 30.2 Å². The number of aryl methyl sites for hydroxylation is 1. The van der Waals surface area contributed by atoms with E-state index in [0.717, 1.165) is 5.56 Å². The molecule has 1 aromatic rings. The summed E-state index contributed by atoms with van der Waals surface area (Å²) in [6, 6.07) is 4.09. The van der Waals surface area contributed by atoms with Gasteiger partial charge in [0.15, 0.2) is 0 Å². The Morgan fingerprint density at radius 2 is 2.08 bits per heavy atom. The van der Waals surface area contributed by atoms with E-state index in [1.54, 1.807) is 17.9 Å². The van der Waals surface area contributed by atoms with Crippen LogP contribution >= 0.6 is 0 Å². The molecule has 2 saturated heterocycles. The number of amides is 1. The summed E-state index contributed by atoms with van der Waals surface area (Å²) in [5.41, 5.74) is 1.33. The molecule has 2 aliphatic rings. The fourth-order valence-electron chi connectivity index (χ4n) is 3.38. The highest BCUT2D eigenvalue weighted by atomic mass is 32.2. The van der Waals surface area contributed by atoms with E-state index in [-0.39, 0.29) is 36.7 Å². The molecule has 0 aliphatic carbocycles. The van der Waals surface area contributed by atoms with E-state index in [4.69, 9.17) is 4.74 Å².